The summed E-state index contributed by atoms with van der Waals surface area (Å²) in [5, 5.41) is 18.7. The first-order valence-corrected chi connectivity index (χ1v) is 4.37. The molecule has 0 fully saturated rings. The van der Waals surface area contributed by atoms with Gasteiger partial charge in [-0.2, -0.15) is 0 Å². The maximum absolute atomic E-state index is 13.1. The Hall–Kier alpha value is -1.00. The second kappa shape index (κ2) is 4.48. The van der Waals surface area contributed by atoms with Gasteiger partial charge in [0.05, 0.1) is 6.10 Å². The van der Waals surface area contributed by atoms with Crippen molar-refractivity contribution < 1.29 is 19.0 Å². The standard InChI is InChI=1S/C10H12F2O2/c1-2-9(13)10(14)7-5-6(11)3-4-8(7)12/h3-5,9-10,13-14H,2H2,1H3. The second-order valence-corrected chi connectivity index (χ2v) is 3.09. The van der Waals surface area contributed by atoms with E-state index in [1.807, 2.05) is 0 Å². The first-order chi connectivity index (χ1) is 6.56. The summed E-state index contributed by atoms with van der Waals surface area (Å²) in [6, 6.07) is 2.78. The second-order valence-electron chi connectivity index (χ2n) is 3.09. The summed E-state index contributed by atoms with van der Waals surface area (Å²) in [5.74, 6) is -1.35. The summed E-state index contributed by atoms with van der Waals surface area (Å²) in [5.41, 5.74) is -0.209. The van der Waals surface area contributed by atoms with E-state index in [9.17, 15) is 19.0 Å². The van der Waals surface area contributed by atoms with E-state index in [0.717, 1.165) is 18.2 Å². The van der Waals surface area contributed by atoms with E-state index < -0.39 is 23.8 Å². The van der Waals surface area contributed by atoms with Gasteiger partial charge in [0, 0.05) is 5.56 Å². The van der Waals surface area contributed by atoms with E-state index in [2.05, 4.69) is 0 Å². The third kappa shape index (κ3) is 2.27. The quantitative estimate of drug-likeness (QED) is 0.784. The molecule has 0 spiro atoms. The molecule has 4 heteroatoms. The van der Waals surface area contributed by atoms with Crippen LogP contribution in [0.15, 0.2) is 18.2 Å². The number of rotatable bonds is 3. The van der Waals surface area contributed by atoms with Gasteiger partial charge in [0.2, 0.25) is 0 Å². The van der Waals surface area contributed by atoms with Crippen LogP contribution in [0.25, 0.3) is 0 Å². The Kier molecular flexibility index (Phi) is 3.55. The molecule has 2 atom stereocenters. The molecule has 2 unspecified atom stereocenters. The fraction of sp³-hybridized carbons (Fsp3) is 0.400. The largest absolute Gasteiger partial charge is 0.390 e. The predicted octanol–water partition coefficient (Wildman–Crippen LogP) is 1.77. The molecule has 0 saturated heterocycles. The Morgan fingerprint density at radius 2 is 1.93 bits per heavy atom. The molecule has 0 aliphatic rings. The van der Waals surface area contributed by atoms with Crippen LogP contribution in [0.5, 0.6) is 0 Å². The third-order valence-electron chi connectivity index (χ3n) is 2.06. The van der Waals surface area contributed by atoms with Gasteiger partial charge in [0.1, 0.15) is 17.7 Å². The molecular weight excluding hydrogens is 190 g/mol. The topological polar surface area (TPSA) is 40.5 Å². The molecule has 0 aromatic heterocycles. The summed E-state index contributed by atoms with van der Waals surface area (Å²) < 4.78 is 25.8. The number of halogens is 2. The molecule has 0 heterocycles. The number of benzene rings is 1. The summed E-state index contributed by atoms with van der Waals surface area (Å²) in [6.07, 6.45) is -2.18. The Bertz CT molecular complexity index is 315. The van der Waals surface area contributed by atoms with Crippen molar-refractivity contribution in [3.8, 4) is 0 Å². The van der Waals surface area contributed by atoms with E-state index in [1.165, 1.54) is 0 Å². The van der Waals surface area contributed by atoms with Gasteiger partial charge in [-0.3, -0.25) is 0 Å². The minimum atomic E-state index is -1.38. The van der Waals surface area contributed by atoms with Crippen LogP contribution in [0, 0.1) is 11.6 Å². The van der Waals surface area contributed by atoms with Gasteiger partial charge in [-0.25, -0.2) is 8.78 Å². The zero-order chi connectivity index (χ0) is 10.7. The average Bonchev–Trinajstić information content (AvgIpc) is 2.19. The van der Waals surface area contributed by atoms with Crippen LogP contribution in [0.2, 0.25) is 0 Å². The van der Waals surface area contributed by atoms with Crippen molar-refractivity contribution in [3.05, 3.63) is 35.4 Å². The highest BCUT2D eigenvalue weighted by molar-refractivity contribution is 5.21. The zero-order valence-electron chi connectivity index (χ0n) is 7.74. The lowest BCUT2D eigenvalue weighted by Gasteiger charge is -2.16. The molecule has 1 rings (SSSR count). The van der Waals surface area contributed by atoms with Crippen LogP contribution in [0.4, 0.5) is 8.78 Å². The van der Waals surface area contributed by atoms with Crippen LogP contribution in [0.3, 0.4) is 0 Å². The number of aliphatic hydroxyl groups is 2. The molecule has 1 aromatic rings. The predicted molar refractivity (Wildman–Crippen MR) is 47.6 cm³/mol. The molecule has 78 valence electrons. The first-order valence-electron chi connectivity index (χ1n) is 4.37. The van der Waals surface area contributed by atoms with Crippen molar-refractivity contribution in [1.82, 2.24) is 0 Å². The molecule has 0 amide bonds. The minimum Gasteiger partial charge on any atom is -0.390 e. The summed E-state index contributed by atoms with van der Waals surface area (Å²) in [4.78, 5) is 0. The highest BCUT2D eigenvalue weighted by Gasteiger charge is 2.20. The van der Waals surface area contributed by atoms with Crippen molar-refractivity contribution in [2.45, 2.75) is 25.6 Å². The number of hydrogen-bond acceptors (Lipinski definition) is 2. The normalized spacial score (nSPS) is 15.2. The number of aliphatic hydroxyl groups excluding tert-OH is 2. The van der Waals surface area contributed by atoms with Crippen LogP contribution < -0.4 is 0 Å². The molecule has 0 saturated carbocycles. The van der Waals surface area contributed by atoms with Gasteiger partial charge in [0.15, 0.2) is 0 Å². The lowest BCUT2D eigenvalue weighted by Crippen LogP contribution is -2.18. The molecule has 1 aromatic carbocycles. The maximum Gasteiger partial charge on any atom is 0.129 e. The van der Waals surface area contributed by atoms with Crippen molar-refractivity contribution in [2.75, 3.05) is 0 Å². The molecule has 2 nitrogen and oxygen atoms in total. The van der Waals surface area contributed by atoms with E-state index in [1.54, 1.807) is 6.92 Å². The first kappa shape index (κ1) is 11.1. The average molecular weight is 202 g/mol. The summed E-state index contributed by atoms with van der Waals surface area (Å²) in [6.45, 7) is 1.64. The molecule has 0 radical (unpaired) electrons. The molecule has 0 aliphatic carbocycles. The van der Waals surface area contributed by atoms with E-state index in [4.69, 9.17) is 0 Å². The van der Waals surface area contributed by atoms with Gasteiger partial charge >= 0.3 is 0 Å². The molecule has 2 N–H and O–H groups in total. The van der Waals surface area contributed by atoms with Crippen molar-refractivity contribution in [1.29, 1.82) is 0 Å². The Balaban J connectivity index is 2.99. The van der Waals surface area contributed by atoms with Gasteiger partial charge in [-0.05, 0) is 24.6 Å². The van der Waals surface area contributed by atoms with Gasteiger partial charge in [0.25, 0.3) is 0 Å². The lowest BCUT2D eigenvalue weighted by atomic mass is 10.0. The maximum atomic E-state index is 13.1. The van der Waals surface area contributed by atoms with E-state index >= 15 is 0 Å². The summed E-state index contributed by atoms with van der Waals surface area (Å²) in [7, 11) is 0. The van der Waals surface area contributed by atoms with Gasteiger partial charge < -0.3 is 10.2 Å². The van der Waals surface area contributed by atoms with Crippen molar-refractivity contribution >= 4 is 0 Å². The number of hydrogen-bond donors (Lipinski definition) is 2. The fourth-order valence-corrected chi connectivity index (χ4v) is 1.17. The third-order valence-corrected chi connectivity index (χ3v) is 2.06. The van der Waals surface area contributed by atoms with Crippen molar-refractivity contribution in [2.24, 2.45) is 0 Å². The van der Waals surface area contributed by atoms with E-state index in [-0.39, 0.29) is 12.0 Å². The van der Waals surface area contributed by atoms with Crippen LogP contribution in [-0.2, 0) is 0 Å². The smallest absolute Gasteiger partial charge is 0.129 e. The highest BCUT2D eigenvalue weighted by atomic mass is 19.1. The molecule has 14 heavy (non-hydrogen) atoms. The van der Waals surface area contributed by atoms with Gasteiger partial charge in [-0.1, -0.05) is 6.92 Å². The van der Waals surface area contributed by atoms with Crippen LogP contribution in [-0.4, -0.2) is 16.3 Å². The van der Waals surface area contributed by atoms with Crippen LogP contribution in [0.1, 0.15) is 25.0 Å². The highest BCUT2D eigenvalue weighted by Crippen LogP contribution is 2.22. The monoisotopic (exact) mass is 202 g/mol. The minimum absolute atomic E-state index is 0.209. The van der Waals surface area contributed by atoms with Crippen LogP contribution >= 0.6 is 0 Å². The van der Waals surface area contributed by atoms with E-state index in [0.29, 0.717) is 0 Å². The molecular formula is C10H12F2O2. The SMILES string of the molecule is CCC(O)C(O)c1cc(F)ccc1F. The Morgan fingerprint density at radius 1 is 1.29 bits per heavy atom. The lowest BCUT2D eigenvalue weighted by molar-refractivity contribution is 0.0142. The zero-order valence-corrected chi connectivity index (χ0v) is 7.74. The Labute approximate surface area is 80.8 Å². The molecule has 0 bridgehead atoms. The Morgan fingerprint density at radius 3 is 2.50 bits per heavy atom. The van der Waals surface area contributed by atoms with Crippen molar-refractivity contribution in [3.63, 3.8) is 0 Å². The van der Waals surface area contributed by atoms with Gasteiger partial charge in [-0.15, -0.1) is 0 Å². The fourth-order valence-electron chi connectivity index (χ4n) is 1.17. The molecule has 0 aliphatic heterocycles. The summed E-state index contributed by atoms with van der Waals surface area (Å²) >= 11 is 0.